The Labute approximate surface area is 108 Å². The number of aromatic amines is 1. The van der Waals surface area contributed by atoms with Crippen LogP contribution >= 0.6 is 15.9 Å². The van der Waals surface area contributed by atoms with Gasteiger partial charge in [0.05, 0.1) is 6.20 Å². The summed E-state index contributed by atoms with van der Waals surface area (Å²) in [6.45, 7) is 3.83. The molecular weight excluding hydrogens is 282 g/mol. The lowest BCUT2D eigenvalue weighted by Gasteiger charge is -2.05. The molecule has 1 heterocycles. The first-order valence-corrected chi connectivity index (χ1v) is 5.94. The number of halogens is 1. The number of nitrogens with one attached hydrogen (secondary N) is 2. The summed E-state index contributed by atoms with van der Waals surface area (Å²) in [4.78, 5) is 12.0. The lowest BCUT2D eigenvalue weighted by molar-refractivity contribution is 0.102. The summed E-state index contributed by atoms with van der Waals surface area (Å²) >= 11 is 3.40. The minimum Gasteiger partial charge on any atom is -0.307 e. The number of aromatic nitrogens is 2. The molecule has 0 unspecified atom stereocenters. The molecule has 0 fully saturated rings. The Hall–Kier alpha value is -1.62. The smallest absolute Gasteiger partial charge is 0.256 e. The molecule has 5 heteroatoms. The fourth-order valence-corrected chi connectivity index (χ4v) is 1.69. The molecule has 17 heavy (non-hydrogen) atoms. The summed E-state index contributed by atoms with van der Waals surface area (Å²) < 4.78 is 0.992. The number of aryl methyl sites for hydroxylation is 2. The quantitative estimate of drug-likeness (QED) is 0.894. The van der Waals surface area contributed by atoms with E-state index in [0.717, 1.165) is 15.6 Å². The van der Waals surface area contributed by atoms with Crippen molar-refractivity contribution < 1.29 is 4.79 Å². The minimum atomic E-state index is -0.145. The average Bonchev–Trinajstić information content (AvgIpc) is 2.68. The van der Waals surface area contributed by atoms with Gasteiger partial charge in [0.2, 0.25) is 0 Å². The van der Waals surface area contributed by atoms with Gasteiger partial charge >= 0.3 is 0 Å². The van der Waals surface area contributed by atoms with Gasteiger partial charge in [0, 0.05) is 15.6 Å². The van der Waals surface area contributed by atoms with Crippen LogP contribution in [-0.4, -0.2) is 16.1 Å². The van der Waals surface area contributed by atoms with E-state index in [4.69, 9.17) is 0 Å². The third kappa shape index (κ3) is 2.55. The first kappa shape index (κ1) is 11.9. The number of amides is 1. The third-order valence-electron chi connectivity index (χ3n) is 2.49. The van der Waals surface area contributed by atoms with E-state index < -0.39 is 0 Å². The fraction of sp³-hybridized carbons (Fsp3) is 0.167. The second-order valence-electron chi connectivity index (χ2n) is 3.85. The highest BCUT2D eigenvalue weighted by molar-refractivity contribution is 9.10. The highest BCUT2D eigenvalue weighted by atomic mass is 79.9. The third-order valence-corrected chi connectivity index (χ3v) is 3.38. The summed E-state index contributed by atoms with van der Waals surface area (Å²) in [6, 6.07) is 5.48. The molecule has 1 aromatic carbocycles. The van der Waals surface area contributed by atoms with Crippen LogP contribution in [0.4, 0.5) is 5.82 Å². The summed E-state index contributed by atoms with van der Waals surface area (Å²) in [6.07, 6.45) is 1.67. The first-order valence-electron chi connectivity index (χ1n) is 5.15. The predicted molar refractivity (Wildman–Crippen MR) is 70.2 cm³/mol. The van der Waals surface area contributed by atoms with Crippen molar-refractivity contribution in [1.82, 2.24) is 10.2 Å². The zero-order chi connectivity index (χ0) is 12.4. The van der Waals surface area contributed by atoms with Crippen LogP contribution in [0.25, 0.3) is 0 Å². The molecule has 0 aliphatic heterocycles. The molecule has 2 N–H and O–H groups in total. The van der Waals surface area contributed by atoms with Gasteiger partial charge in [0.1, 0.15) is 5.82 Å². The summed E-state index contributed by atoms with van der Waals surface area (Å²) in [7, 11) is 0. The normalized spacial score (nSPS) is 10.3. The number of hydrogen-bond donors (Lipinski definition) is 2. The molecule has 0 aliphatic rings. The van der Waals surface area contributed by atoms with E-state index in [1.165, 1.54) is 0 Å². The Morgan fingerprint density at radius 2 is 2.12 bits per heavy atom. The SMILES string of the molecule is Cc1cc(C(=O)Nc2[nH]ncc2C)ccc1Br. The van der Waals surface area contributed by atoms with Crippen molar-refractivity contribution in [3.05, 3.63) is 45.6 Å². The van der Waals surface area contributed by atoms with E-state index in [1.807, 2.05) is 26.0 Å². The highest BCUT2D eigenvalue weighted by Crippen LogP contribution is 2.18. The number of anilines is 1. The average molecular weight is 294 g/mol. The minimum absolute atomic E-state index is 0.145. The van der Waals surface area contributed by atoms with Crippen LogP contribution in [0.2, 0.25) is 0 Å². The van der Waals surface area contributed by atoms with Crippen LogP contribution in [0, 0.1) is 13.8 Å². The Kier molecular flexibility index (Phi) is 3.28. The van der Waals surface area contributed by atoms with Crippen molar-refractivity contribution in [3.8, 4) is 0 Å². The monoisotopic (exact) mass is 293 g/mol. The molecule has 1 amide bonds. The Balaban J connectivity index is 2.20. The second-order valence-corrected chi connectivity index (χ2v) is 4.70. The number of rotatable bonds is 2. The van der Waals surface area contributed by atoms with Gasteiger partial charge in [0.25, 0.3) is 5.91 Å². The van der Waals surface area contributed by atoms with Crippen LogP contribution in [0.1, 0.15) is 21.5 Å². The van der Waals surface area contributed by atoms with Gasteiger partial charge in [-0.1, -0.05) is 15.9 Å². The van der Waals surface area contributed by atoms with Crippen molar-refractivity contribution in [2.75, 3.05) is 5.32 Å². The van der Waals surface area contributed by atoms with Gasteiger partial charge in [-0.05, 0) is 37.6 Å². The van der Waals surface area contributed by atoms with Crippen LogP contribution in [0.3, 0.4) is 0 Å². The maximum Gasteiger partial charge on any atom is 0.256 e. The zero-order valence-electron chi connectivity index (χ0n) is 9.54. The summed E-state index contributed by atoms with van der Waals surface area (Å²) in [5.74, 6) is 0.489. The van der Waals surface area contributed by atoms with Crippen molar-refractivity contribution in [3.63, 3.8) is 0 Å². The molecule has 2 aromatic rings. The second kappa shape index (κ2) is 4.71. The summed E-state index contributed by atoms with van der Waals surface area (Å²) in [5, 5.41) is 9.37. The van der Waals surface area contributed by atoms with Gasteiger partial charge in [-0.3, -0.25) is 9.89 Å². The lowest BCUT2D eigenvalue weighted by Crippen LogP contribution is -2.13. The standard InChI is InChI=1S/C12H12BrN3O/c1-7-5-9(3-4-10(7)13)12(17)15-11-8(2)6-14-16-11/h3-6H,1-2H3,(H2,14,15,16,17). The topological polar surface area (TPSA) is 57.8 Å². The van der Waals surface area contributed by atoms with Crippen LogP contribution < -0.4 is 5.32 Å². The van der Waals surface area contributed by atoms with E-state index in [9.17, 15) is 4.79 Å². The van der Waals surface area contributed by atoms with Gasteiger partial charge in [-0.15, -0.1) is 0 Å². The maximum absolute atomic E-state index is 12.0. The fourth-order valence-electron chi connectivity index (χ4n) is 1.44. The molecule has 0 radical (unpaired) electrons. The summed E-state index contributed by atoms with van der Waals surface area (Å²) in [5.41, 5.74) is 2.56. The van der Waals surface area contributed by atoms with Gasteiger partial charge in [-0.2, -0.15) is 5.10 Å². The van der Waals surface area contributed by atoms with Gasteiger partial charge in [0.15, 0.2) is 0 Å². The Bertz CT molecular complexity index is 563. The molecule has 0 saturated carbocycles. The van der Waals surface area contributed by atoms with Gasteiger partial charge in [-0.25, -0.2) is 0 Å². The first-order chi connectivity index (χ1) is 8.08. The van der Waals surface area contributed by atoms with E-state index in [-0.39, 0.29) is 5.91 Å². The molecule has 0 aliphatic carbocycles. The Morgan fingerprint density at radius 3 is 2.71 bits per heavy atom. The number of benzene rings is 1. The molecule has 0 saturated heterocycles. The zero-order valence-corrected chi connectivity index (χ0v) is 11.1. The number of H-pyrrole nitrogens is 1. The number of nitrogens with zero attached hydrogens (tertiary/aromatic N) is 1. The van der Waals surface area contributed by atoms with Crippen LogP contribution in [-0.2, 0) is 0 Å². The predicted octanol–water partition coefficient (Wildman–Crippen LogP) is 3.04. The largest absolute Gasteiger partial charge is 0.307 e. The van der Waals surface area contributed by atoms with E-state index in [1.54, 1.807) is 12.3 Å². The molecule has 0 atom stereocenters. The molecule has 0 bridgehead atoms. The van der Waals surface area contributed by atoms with Gasteiger partial charge < -0.3 is 5.32 Å². The van der Waals surface area contributed by atoms with Crippen molar-refractivity contribution >= 4 is 27.7 Å². The number of hydrogen-bond acceptors (Lipinski definition) is 2. The van der Waals surface area contributed by atoms with E-state index in [0.29, 0.717) is 11.4 Å². The Morgan fingerprint density at radius 1 is 1.35 bits per heavy atom. The maximum atomic E-state index is 12.0. The molecule has 1 aromatic heterocycles. The van der Waals surface area contributed by atoms with E-state index in [2.05, 4.69) is 31.4 Å². The van der Waals surface area contributed by atoms with Crippen molar-refractivity contribution in [2.45, 2.75) is 13.8 Å². The van der Waals surface area contributed by atoms with Crippen LogP contribution in [0.5, 0.6) is 0 Å². The molecule has 4 nitrogen and oxygen atoms in total. The lowest BCUT2D eigenvalue weighted by atomic mass is 10.1. The van der Waals surface area contributed by atoms with Crippen LogP contribution in [0.15, 0.2) is 28.9 Å². The van der Waals surface area contributed by atoms with E-state index >= 15 is 0 Å². The molecule has 2 rings (SSSR count). The number of carbonyl (C=O) groups is 1. The number of carbonyl (C=O) groups excluding carboxylic acids is 1. The molecular formula is C12H12BrN3O. The highest BCUT2D eigenvalue weighted by Gasteiger charge is 2.09. The molecule has 0 spiro atoms. The molecule has 88 valence electrons. The van der Waals surface area contributed by atoms with Crippen molar-refractivity contribution in [2.24, 2.45) is 0 Å². The van der Waals surface area contributed by atoms with Crippen molar-refractivity contribution in [1.29, 1.82) is 0 Å².